The molecule has 27 rings (SSSR count). The van der Waals surface area contributed by atoms with E-state index in [1.807, 2.05) is 0 Å². The second-order valence-corrected chi connectivity index (χ2v) is 26.2. The molecule has 38 unspecified atom stereocenters. The van der Waals surface area contributed by atoms with Crippen LogP contribution in [0.2, 0.25) is 0 Å². The van der Waals surface area contributed by atoms with Crippen molar-refractivity contribution in [2.45, 2.75) is 25.7 Å². The van der Waals surface area contributed by atoms with E-state index < -0.39 is 0 Å². The predicted octanol–water partition coefficient (Wildman–Crippen LogP) is 4.51. The zero-order valence-electron chi connectivity index (χ0n) is 24.0. The van der Waals surface area contributed by atoms with Crippen molar-refractivity contribution in [3.63, 3.8) is 0 Å². The molecule has 0 aromatic heterocycles. The van der Waals surface area contributed by atoms with Crippen LogP contribution in [0.25, 0.3) is 0 Å². The van der Waals surface area contributed by atoms with E-state index in [0.29, 0.717) is 0 Å². The van der Waals surface area contributed by atoms with E-state index in [1.54, 1.807) is 25.7 Å². The Morgan fingerprint density at radius 1 is 0.302 bits per heavy atom. The van der Waals surface area contributed by atoms with Crippen molar-refractivity contribution in [1.82, 2.24) is 0 Å². The molecule has 213 valence electrons. The molecule has 38 atom stereocenters. The van der Waals surface area contributed by atoms with Gasteiger partial charge in [-0.2, -0.15) is 0 Å². The molecule has 0 saturated heterocycles. The van der Waals surface area contributed by atoms with E-state index in [-0.39, 0.29) is 36.9 Å². The topological polar surface area (TPSA) is 0 Å². The fraction of sp³-hybridized carbons (Fsp3) is 1.00. The molecule has 0 heterocycles. The quantitative estimate of drug-likeness (QED) is 0.349. The maximum atomic E-state index is 1.79. The first kappa shape index (κ1) is 17.2. The molecule has 43 heavy (non-hydrogen) atoms. The van der Waals surface area contributed by atoms with Crippen LogP contribution in [0.4, 0.5) is 0 Å². The van der Waals surface area contributed by atoms with E-state index in [9.17, 15) is 0 Å². The summed E-state index contributed by atoms with van der Waals surface area (Å²) in [4.78, 5) is 0. The number of hydrogen-bond donors (Lipinski definition) is 0. The molecule has 1 heteroatoms. The molecule has 0 bridgehead atoms. The Bertz CT molecular complexity index is 2190. The maximum Gasteiger partial charge on any atom is 0 e. The predicted molar refractivity (Wildman–Crippen MR) is 136 cm³/mol. The van der Waals surface area contributed by atoms with Crippen molar-refractivity contribution in [3.8, 4) is 0 Å². The van der Waals surface area contributed by atoms with Gasteiger partial charge in [-0.1, -0.05) is 0 Å². The van der Waals surface area contributed by atoms with Gasteiger partial charge in [0.1, 0.15) is 0 Å². The molecule has 0 aromatic rings. The van der Waals surface area contributed by atoms with Crippen LogP contribution < -0.4 is 0 Å². The first-order valence-corrected chi connectivity index (χ1v) is 20.9. The normalized spacial score (nSPS) is 125. The standard InChI is InChI=1S/C42H32.Tm/c1-5-3-9-15-21-23-24-22-16-10-4-6-2-8-14-12-18-17-11-13-7(1)29(5,9)31(13,15)35(21)27-25-19(11)33(17)34(18)20(12)26-28-36(22,32(14,16)30(6,8)10)38(24)37(23,35)41(27)39(25,33)40(26,34)42(28,38)41;/h5-28H,1-4H2;. The minimum atomic E-state index is 0. The van der Waals surface area contributed by atoms with Crippen LogP contribution in [0.1, 0.15) is 25.7 Å². The number of fused-ring (bicyclic) bond motifs is 14. The summed E-state index contributed by atoms with van der Waals surface area (Å²) in [5, 5.41) is 0. The van der Waals surface area contributed by atoms with Gasteiger partial charge in [-0.3, -0.25) is 0 Å². The molecule has 0 amide bonds. The average molecular weight is 706 g/mol. The van der Waals surface area contributed by atoms with Gasteiger partial charge in [-0.25, -0.2) is 0 Å². The van der Waals surface area contributed by atoms with Crippen LogP contribution in [-0.2, 0) is 0 Å². The third-order valence-corrected chi connectivity index (χ3v) is 33.6. The fourth-order valence-electron chi connectivity index (χ4n) is 40.5. The molecule has 0 nitrogen and oxygen atoms in total. The average Bonchev–Trinajstić information content (AvgIpc) is 2.87. The summed E-state index contributed by atoms with van der Waals surface area (Å²) in [6.07, 6.45) is 7.15. The van der Waals surface area contributed by atoms with E-state index in [2.05, 4.69) is 0 Å². The summed E-state index contributed by atoms with van der Waals surface area (Å²) in [5.41, 5.74) is 15.3. The van der Waals surface area contributed by atoms with Crippen LogP contribution in [0, 0.1) is 255 Å². The fourth-order valence-corrected chi connectivity index (χ4v) is 40.5. The van der Waals surface area contributed by atoms with Gasteiger partial charge in [0.2, 0.25) is 0 Å². The Balaban J connectivity index is 0.00000171. The first-order chi connectivity index (χ1) is 20.9. The molecule has 27 aliphatic rings. The van der Waals surface area contributed by atoms with E-state index >= 15 is 0 Å². The molecule has 0 aliphatic heterocycles. The Kier molecular flexibility index (Phi) is 1.19. The third-order valence-electron chi connectivity index (χ3n) is 33.6. The van der Waals surface area contributed by atoms with Crippen molar-refractivity contribution in [1.29, 1.82) is 0 Å². The number of rotatable bonds is 0. The van der Waals surface area contributed by atoms with Gasteiger partial charge in [0.15, 0.2) is 0 Å². The SMILES string of the molecule is C1C2CC3C4C5C6C7C8C9C%10CC%11CC%12C%13C%14C%15C%16C%17C%18C1C23C%184C51C2C3C%17C%164C%155C%14C%14C%15C8(C%139C%11%12%10)C78C61C21C34C%145C%1581.[Tm]. The number of hydrogen-bond acceptors (Lipinski definition) is 0. The van der Waals surface area contributed by atoms with E-state index in [1.165, 1.54) is 142 Å². The summed E-state index contributed by atoms with van der Waals surface area (Å²) >= 11 is 0. The monoisotopic (exact) mass is 705 g/mol. The Morgan fingerprint density at radius 2 is 0.698 bits per heavy atom. The van der Waals surface area contributed by atoms with Crippen LogP contribution in [0.15, 0.2) is 0 Å². The molecule has 27 saturated carbocycles. The molecule has 27 fully saturated rings. The van der Waals surface area contributed by atoms with E-state index in [4.69, 9.17) is 0 Å². The van der Waals surface area contributed by atoms with Gasteiger partial charge in [0, 0.05) is 36.9 Å². The largest absolute Gasteiger partial charge is 0.0461 e. The van der Waals surface area contributed by atoms with E-state index in [0.717, 1.165) is 75.8 Å². The van der Waals surface area contributed by atoms with Crippen LogP contribution in [-0.4, -0.2) is 0 Å². The molecular formula is C42H32Tm. The Hall–Kier alpha value is 1.23. The zero-order chi connectivity index (χ0) is 23.7. The van der Waals surface area contributed by atoms with Gasteiger partial charge in [0.05, 0.1) is 0 Å². The van der Waals surface area contributed by atoms with Crippen molar-refractivity contribution in [2.75, 3.05) is 0 Å². The molecule has 0 N–H and O–H groups in total. The molecule has 0 aromatic carbocycles. The Morgan fingerprint density at radius 3 is 1.14 bits per heavy atom. The van der Waals surface area contributed by atoms with Gasteiger partial charge in [0.25, 0.3) is 0 Å². The second-order valence-electron chi connectivity index (χ2n) is 26.2. The summed E-state index contributed by atoms with van der Waals surface area (Å²) < 4.78 is 0. The summed E-state index contributed by atoms with van der Waals surface area (Å²) in [5.74, 6) is 33.0. The third kappa shape index (κ3) is 0.495. The van der Waals surface area contributed by atoms with Gasteiger partial charge < -0.3 is 0 Å². The minimum absolute atomic E-state index is 0. The summed E-state index contributed by atoms with van der Waals surface area (Å²) in [7, 11) is 0. The zero-order valence-corrected chi connectivity index (χ0v) is 25.7. The van der Waals surface area contributed by atoms with Crippen LogP contribution in [0.3, 0.4) is 0 Å². The van der Waals surface area contributed by atoms with Crippen molar-refractivity contribution >= 4 is 0 Å². The second kappa shape index (κ2) is 2.97. The molecule has 27 aliphatic carbocycles. The summed E-state index contributed by atoms with van der Waals surface area (Å²) in [6, 6.07) is 0. The first-order valence-electron chi connectivity index (χ1n) is 20.9. The van der Waals surface area contributed by atoms with Crippen LogP contribution in [0.5, 0.6) is 0 Å². The van der Waals surface area contributed by atoms with Gasteiger partial charge in [-0.05, 0) is 244 Å². The Labute approximate surface area is 278 Å². The van der Waals surface area contributed by atoms with Crippen molar-refractivity contribution in [3.05, 3.63) is 0 Å². The van der Waals surface area contributed by atoms with Crippen LogP contribution >= 0.6 is 0 Å². The molecule has 14 spiro atoms. The van der Waals surface area contributed by atoms with Gasteiger partial charge in [-0.15, -0.1) is 0 Å². The minimum Gasteiger partial charge on any atom is -0.0461 e. The van der Waals surface area contributed by atoms with Crippen molar-refractivity contribution in [2.24, 2.45) is 218 Å². The molecule has 1 radical (unpaired) electrons. The molecular weight excluding hydrogens is 673 g/mol. The van der Waals surface area contributed by atoms with Crippen molar-refractivity contribution < 1.29 is 36.9 Å². The smallest absolute Gasteiger partial charge is 0 e. The maximum absolute atomic E-state index is 1.79. The van der Waals surface area contributed by atoms with Gasteiger partial charge >= 0.3 is 0 Å². The summed E-state index contributed by atoms with van der Waals surface area (Å²) in [6.45, 7) is 0.